The van der Waals surface area contributed by atoms with E-state index >= 15 is 0 Å². The van der Waals surface area contributed by atoms with Crippen LogP contribution in [0.5, 0.6) is 0 Å². The lowest BCUT2D eigenvalue weighted by Gasteiger charge is -2.32. The smallest absolute Gasteiger partial charge is 0.376 e. The molecule has 0 atom stereocenters. The van der Waals surface area contributed by atoms with Gasteiger partial charge in [-0.2, -0.15) is 13.1 Å². The van der Waals surface area contributed by atoms with E-state index in [1.165, 1.54) is 13.2 Å². The molecule has 0 spiro atoms. The third-order valence-corrected chi connectivity index (χ3v) is 4.69. The summed E-state index contributed by atoms with van der Waals surface area (Å²) in [5.41, 5.74) is 0. The molecule has 1 saturated heterocycles. The Bertz CT molecular complexity index is 644. The van der Waals surface area contributed by atoms with Crippen LogP contribution in [0.1, 0.15) is 30.4 Å². The van der Waals surface area contributed by atoms with Crippen molar-refractivity contribution in [3.63, 3.8) is 0 Å². The van der Waals surface area contributed by atoms with Crippen molar-refractivity contribution in [2.24, 2.45) is 0 Å². The lowest BCUT2D eigenvalue weighted by atomic mass is 10.1. The molecule has 10 heteroatoms. The van der Waals surface area contributed by atoms with Crippen LogP contribution < -0.4 is 14.3 Å². The zero-order valence-electron chi connectivity index (χ0n) is 13.2. The fourth-order valence-electron chi connectivity index (χ4n) is 2.32. The second kappa shape index (κ2) is 7.66. The van der Waals surface area contributed by atoms with Gasteiger partial charge < -0.3 is 9.64 Å². The van der Waals surface area contributed by atoms with Gasteiger partial charge in [0.25, 0.3) is 10.2 Å². The van der Waals surface area contributed by atoms with Gasteiger partial charge in [-0.05, 0) is 25.8 Å². The maximum atomic E-state index is 11.7. The minimum atomic E-state index is -3.43. The first kappa shape index (κ1) is 17.6. The topological polar surface area (TPSA) is 114 Å². The van der Waals surface area contributed by atoms with Crippen molar-refractivity contribution in [3.8, 4) is 0 Å². The van der Waals surface area contributed by atoms with Crippen molar-refractivity contribution in [1.82, 2.24) is 19.4 Å². The number of hydrogen-bond acceptors (Lipinski definition) is 7. The van der Waals surface area contributed by atoms with Crippen molar-refractivity contribution in [3.05, 3.63) is 18.1 Å². The van der Waals surface area contributed by atoms with Gasteiger partial charge in [0.05, 0.1) is 6.61 Å². The van der Waals surface area contributed by atoms with E-state index in [0.717, 1.165) is 0 Å². The monoisotopic (exact) mass is 343 g/mol. The second-order valence-corrected chi connectivity index (χ2v) is 6.70. The van der Waals surface area contributed by atoms with Gasteiger partial charge in [-0.25, -0.2) is 19.5 Å². The summed E-state index contributed by atoms with van der Waals surface area (Å²) in [6, 6.07) is 1.61. The minimum absolute atomic E-state index is 0.0300. The zero-order chi connectivity index (χ0) is 16.9. The van der Waals surface area contributed by atoms with Gasteiger partial charge in [-0.3, -0.25) is 0 Å². The van der Waals surface area contributed by atoms with Crippen LogP contribution in [-0.2, 0) is 14.9 Å². The molecule has 0 radical (unpaired) electrons. The molecule has 1 aromatic heterocycles. The Kier molecular flexibility index (Phi) is 5.85. The SMILES string of the molecule is CCOC(=O)c1nccc(N2CCC(NS(=O)(=O)NC)CC2)n1. The third kappa shape index (κ3) is 4.85. The molecule has 0 aromatic carbocycles. The highest BCUT2D eigenvalue weighted by Crippen LogP contribution is 2.18. The number of carbonyl (C=O) groups is 1. The van der Waals surface area contributed by atoms with E-state index < -0.39 is 16.2 Å². The highest BCUT2D eigenvalue weighted by molar-refractivity contribution is 7.87. The minimum Gasteiger partial charge on any atom is -0.460 e. The van der Waals surface area contributed by atoms with E-state index in [4.69, 9.17) is 4.74 Å². The molecule has 0 amide bonds. The van der Waals surface area contributed by atoms with Gasteiger partial charge >= 0.3 is 5.97 Å². The molecule has 1 aliphatic heterocycles. The average molecular weight is 343 g/mol. The van der Waals surface area contributed by atoms with E-state index in [2.05, 4.69) is 19.4 Å². The van der Waals surface area contributed by atoms with E-state index in [9.17, 15) is 13.2 Å². The van der Waals surface area contributed by atoms with E-state index in [1.807, 2.05) is 4.90 Å². The first-order valence-corrected chi connectivity index (χ1v) is 8.89. The van der Waals surface area contributed by atoms with Gasteiger partial charge in [0, 0.05) is 32.4 Å². The number of hydrogen-bond donors (Lipinski definition) is 2. The number of nitrogens with one attached hydrogen (secondary N) is 2. The maximum Gasteiger partial charge on any atom is 0.376 e. The molecule has 2 rings (SSSR count). The van der Waals surface area contributed by atoms with Gasteiger partial charge in [0.1, 0.15) is 5.82 Å². The van der Waals surface area contributed by atoms with Crippen LogP contribution in [0.25, 0.3) is 0 Å². The summed E-state index contributed by atoms with van der Waals surface area (Å²) in [5, 5.41) is 0. The maximum absolute atomic E-state index is 11.7. The van der Waals surface area contributed by atoms with Crippen LogP contribution >= 0.6 is 0 Å². The first-order chi connectivity index (χ1) is 10.9. The fourth-order valence-corrected chi connectivity index (χ4v) is 3.12. The van der Waals surface area contributed by atoms with Crippen LogP contribution in [0.3, 0.4) is 0 Å². The Morgan fingerprint density at radius 3 is 2.74 bits per heavy atom. The summed E-state index contributed by atoms with van der Waals surface area (Å²) in [6.07, 6.45) is 2.82. The van der Waals surface area contributed by atoms with Crippen LogP contribution in [0.4, 0.5) is 5.82 Å². The Hall–Kier alpha value is -1.78. The van der Waals surface area contributed by atoms with Crippen molar-refractivity contribution in [1.29, 1.82) is 0 Å². The highest BCUT2D eigenvalue weighted by atomic mass is 32.2. The number of carbonyl (C=O) groups excluding carboxylic acids is 1. The summed E-state index contributed by atoms with van der Waals surface area (Å²) in [5.74, 6) is 0.117. The Balaban J connectivity index is 1.97. The van der Waals surface area contributed by atoms with E-state index in [0.29, 0.717) is 31.7 Å². The molecule has 2 N–H and O–H groups in total. The zero-order valence-corrected chi connectivity index (χ0v) is 14.0. The standard InChI is InChI=1S/C13H21N5O4S/c1-3-22-13(19)12-15-7-4-11(16-12)18-8-5-10(6-9-18)17-23(20,21)14-2/h4,7,10,14,17H,3,5-6,8-9H2,1-2H3. The van der Waals surface area contributed by atoms with Crippen LogP contribution in [-0.4, -0.2) is 57.1 Å². The lowest BCUT2D eigenvalue weighted by Crippen LogP contribution is -2.47. The predicted molar refractivity (Wildman–Crippen MR) is 84.3 cm³/mol. The quantitative estimate of drug-likeness (QED) is 0.680. The molecule has 1 fully saturated rings. The first-order valence-electron chi connectivity index (χ1n) is 7.41. The number of aromatic nitrogens is 2. The Labute approximate surface area is 135 Å². The normalized spacial score (nSPS) is 16.3. The second-order valence-electron chi connectivity index (χ2n) is 5.05. The molecule has 2 heterocycles. The molecule has 128 valence electrons. The summed E-state index contributed by atoms with van der Waals surface area (Å²) < 4.78 is 32.7. The predicted octanol–water partition coefficient (Wildman–Crippen LogP) is -0.324. The molecule has 0 bridgehead atoms. The van der Waals surface area contributed by atoms with Crippen molar-refractivity contribution in [2.75, 3.05) is 31.6 Å². The van der Waals surface area contributed by atoms with Crippen LogP contribution in [0.2, 0.25) is 0 Å². The Morgan fingerprint density at radius 1 is 1.43 bits per heavy atom. The highest BCUT2D eigenvalue weighted by Gasteiger charge is 2.24. The number of anilines is 1. The average Bonchev–Trinajstić information content (AvgIpc) is 2.55. The summed E-state index contributed by atoms with van der Waals surface area (Å²) >= 11 is 0. The number of piperidine rings is 1. The van der Waals surface area contributed by atoms with Crippen LogP contribution in [0.15, 0.2) is 12.3 Å². The van der Waals surface area contributed by atoms with Gasteiger partial charge in [-0.1, -0.05) is 0 Å². The van der Waals surface area contributed by atoms with Gasteiger partial charge in [-0.15, -0.1) is 0 Å². The van der Waals surface area contributed by atoms with Crippen molar-refractivity contribution in [2.45, 2.75) is 25.8 Å². The van der Waals surface area contributed by atoms with Gasteiger partial charge in [0.15, 0.2) is 0 Å². The number of nitrogens with zero attached hydrogens (tertiary/aromatic N) is 3. The molecule has 23 heavy (non-hydrogen) atoms. The van der Waals surface area contributed by atoms with Crippen molar-refractivity contribution < 1.29 is 17.9 Å². The number of rotatable bonds is 6. The van der Waals surface area contributed by atoms with E-state index in [-0.39, 0.29) is 18.5 Å². The lowest BCUT2D eigenvalue weighted by molar-refractivity contribution is 0.0512. The summed E-state index contributed by atoms with van der Waals surface area (Å²) in [4.78, 5) is 21.8. The molecule has 1 aliphatic rings. The third-order valence-electron chi connectivity index (χ3n) is 3.51. The largest absolute Gasteiger partial charge is 0.460 e. The van der Waals surface area contributed by atoms with Gasteiger partial charge in [0.2, 0.25) is 5.82 Å². The Morgan fingerprint density at radius 2 is 2.13 bits per heavy atom. The molecule has 1 aromatic rings. The summed E-state index contributed by atoms with van der Waals surface area (Å²) in [7, 11) is -2.06. The number of esters is 1. The molecular formula is C13H21N5O4S. The number of ether oxygens (including phenoxy) is 1. The van der Waals surface area contributed by atoms with E-state index in [1.54, 1.807) is 13.0 Å². The van der Waals surface area contributed by atoms with Crippen molar-refractivity contribution >= 4 is 22.0 Å². The molecule has 0 saturated carbocycles. The molecule has 0 aliphatic carbocycles. The molecule has 9 nitrogen and oxygen atoms in total. The summed E-state index contributed by atoms with van der Waals surface area (Å²) in [6.45, 7) is 3.26. The fraction of sp³-hybridized carbons (Fsp3) is 0.615. The molecular weight excluding hydrogens is 322 g/mol. The molecule has 0 unspecified atom stereocenters. The van der Waals surface area contributed by atoms with Crippen LogP contribution in [0, 0.1) is 0 Å².